The quantitative estimate of drug-likeness (QED) is 0.895. The lowest BCUT2D eigenvalue weighted by Crippen LogP contribution is -2.47. The van der Waals surface area contributed by atoms with E-state index in [2.05, 4.69) is 43.5 Å². The smallest absolute Gasteiger partial charge is 0.237 e. The van der Waals surface area contributed by atoms with E-state index in [1.807, 2.05) is 18.2 Å². The molecule has 1 heterocycles. The predicted molar refractivity (Wildman–Crippen MR) is 87.0 cm³/mol. The number of nitrogens with one attached hydrogen (secondary N) is 2. The summed E-state index contributed by atoms with van der Waals surface area (Å²) in [5, 5.41) is 6.65. The highest BCUT2D eigenvalue weighted by Crippen LogP contribution is 2.32. The van der Waals surface area contributed by atoms with Crippen LogP contribution >= 0.6 is 0 Å². The van der Waals surface area contributed by atoms with Crippen LogP contribution in [0.2, 0.25) is 0 Å². The molecule has 1 aromatic carbocycles. The minimum Gasteiger partial charge on any atom is -0.347 e. The topological polar surface area (TPSA) is 41.1 Å². The van der Waals surface area contributed by atoms with E-state index in [9.17, 15) is 4.79 Å². The second kappa shape index (κ2) is 7.08. The average Bonchev–Trinajstić information content (AvgIpc) is 2.73. The molecule has 0 aliphatic carbocycles. The van der Waals surface area contributed by atoms with Crippen molar-refractivity contribution in [1.82, 2.24) is 10.6 Å². The van der Waals surface area contributed by atoms with E-state index in [1.54, 1.807) is 0 Å². The molecule has 1 fully saturated rings. The van der Waals surface area contributed by atoms with Gasteiger partial charge >= 0.3 is 0 Å². The molecule has 3 heteroatoms. The van der Waals surface area contributed by atoms with Crippen molar-refractivity contribution in [3.63, 3.8) is 0 Å². The first-order valence-corrected chi connectivity index (χ1v) is 8.07. The third-order valence-corrected chi connectivity index (χ3v) is 4.16. The van der Waals surface area contributed by atoms with Crippen LogP contribution < -0.4 is 10.6 Å². The van der Waals surface area contributed by atoms with Crippen LogP contribution in [0.3, 0.4) is 0 Å². The van der Waals surface area contributed by atoms with Gasteiger partial charge in [-0.25, -0.2) is 0 Å². The molecule has 1 aliphatic heterocycles. The van der Waals surface area contributed by atoms with Crippen LogP contribution in [0.15, 0.2) is 30.3 Å². The Labute approximate surface area is 128 Å². The van der Waals surface area contributed by atoms with Gasteiger partial charge in [-0.2, -0.15) is 0 Å². The fourth-order valence-electron chi connectivity index (χ4n) is 2.94. The minimum atomic E-state index is -0.0407. The molecule has 0 spiro atoms. The second-order valence-corrected chi connectivity index (χ2v) is 7.07. The van der Waals surface area contributed by atoms with E-state index >= 15 is 0 Å². The Morgan fingerprint density at radius 1 is 1.19 bits per heavy atom. The van der Waals surface area contributed by atoms with Gasteiger partial charge in [-0.3, -0.25) is 4.79 Å². The van der Waals surface area contributed by atoms with Crippen LogP contribution in [-0.2, 0) is 4.79 Å². The fraction of sp³-hybridized carbons (Fsp3) is 0.611. The van der Waals surface area contributed by atoms with Gasteiger partial charge in [0.25, 0.3) is 0 Å². The summed E-state index contributed by atoms with van der Waals surface area (Å²) in [5.74, 6) is 0.140. The van der Waals surface area contributed by atoms with Crippen molar-refractivity contribution in [3.05, 3.63) is 35.9 Å². The first kappa shape index (κ1) is 16.0. The molecule has 1 aromatic rings. The van der Waals surface area contributed by atoms with Gasteiger partial charge in [0.05, 0.1) is 12.1 Å². The summed E-state index contributed by atoms with van der Waals surface area (Å²) < 4.78 is 0. The van der Waals surface area contributed by atoms with E-state index in [4.69, 9.17) is 0 Å². The molecule has 116 valence electrons. The van der Waals surface area contributed by atoms with Crippen LogP contribution in [-0.4, -0.2) is 18.5 Å². The number of amides is 1. The zero-order valence-electron chi connectivity index (χ0n) is 13.5. The molecule has 1 saturated heterocycles. The Morgan fingerprint density at radius 2 is 1.90 bits per heavy atom. The SMILES string of the molecule is CC(C)(C)C(NC(=O)C1CCCCCN1)c1ccccc1. The number of rotatable bonds is 3. The van der Waals surface area contributed by atoms with Gasteiger partial charge in [-0.15, -0.1) is 0 Å². The first-order valence-electron chi connectivity index (χ1n) is 8.07. The number of carbonyl (C=O) groups is 1. The molecule has 1 amide bonds. The maximum Gasteiger partial charge on any atom is 0.237 e. The Kier molecular flexibility index (Phi) is 5.40. The molecule has 0 bridgehead atoms. The van der Waals surface area contributed by atoms with Crippen LogP contribution in [0.4, 0.5) is 0 Å². The van der Waals surface area contributed by atoms with E-state index < -0.39 is 0 Å². The second-order valence-electron chi connectivity index (χ2n) is 7.07. The zero-order valence-corrected chi connectivity index (χ0v) is 13.5. The summed E-state index contributed by atoms with van der Waals surface area (Å²) >= 11 is 0. The Morgan fingerprint density at radius 3 is 2.57 bits per heavy atom. The third kappa shape index (κ3) is 4.57. The van der Waals surface area contributed by atoms with Crippen LogP contribution in [0, 0.1) is 5.41 Å². The highest BCUT2D eigenvalue weighted by Gasteiger charge is 2.30. The van der Waals surface area contributed by atoms with E-state index in [1.165, 1.54) is 18.4 Å². The maximum atomic E-state index is 12.6. The van der Waals surface area contributed by atoms with Crippen molar-refractivity contribution in [1.29, 1.82) is 0 Å². The number of carbonyl (C=O) groups excluding carboxylic acids is 1. The summed E-state index contributed by atoms with van der Waals surface area (Å²) in [6.07, 6.45) is 4.47. The molecule has 0 radical (unpaired) electrons. The molecule has 2 rings (SSSR count). The van der Waals surface area contributed by atoms with Gasteiger partial charge in [0.1, 0.15) is 0 Å². The molecule has 0 aromatic heterocycles. The molecule has 2 atom stereocenters. The van der Waals surface area contributed by atoms with Crippen molar-refractivity contribution in [2.45, 2.75) is 58.5 Å². The molecular formula is C18H28N2O. The molecular weight excluding hydrogens is 260 g/mol. The number of benzene rings is 1. The van der Waals surface area contributed by atoms with Gasteiger partial charge < -0.3 is 10.6 Å². The number of hydrogen-bond donors (Lipinski definition) is 2. The lowest BCUT2D eigenvalue weighted by atomic mass is 9.82. The molecule has 21 heavy (non-hydrogen) atoms. The van der Waals surface area contributed by atoms with E-state index in [0.717, 1.165) is 19.4 Å². The molecule has 1 aliphatic rings. The third-order valence-electron chi connectivity index (χ3n) is 4.16. The Bertz CT molecular complexity index is 442. The summed E-state index contributed by atoms with van der Waals surface area (Å²) in [7, 11) is 0. The van der Waals surface area contributed by atoms with Crippen molar-refractivity contribution < 1.29 is 4.79 Å². The molecule has 3 nitrogen and oxygen atoms in total. The first-order chi connectivity index (χ1) is 9.98. The van der Waals surface area contributed by atoms with Crippen LogP contribution in [0.1, 0.15) is 58.1 Å². The largest absolute Gasteiger partial charge is 0.347 e. The molecule has 2 unspecified atom stereocenters. The summed E-state index contributed by atoms with van der Waals surface area (Å²) in [5.41, 5.74) is 1.16. The van der Waals surface area contributed by atoms with E-state index in [-0.39, 0.29) is 23.4 Å². The molecule has 2 N–H and O–H groups in total. The zero-order chi connectivity index (χ0) is 15.3. The standard InChI is InChI=1S/C18H28N2O/c1-18(2,3)16(14-10-6-4-7-11-14)20-17(21)15-12-8-5-9-13-19-15/h4,6-7,10-11,15-16,19H,5,8-9,12-13H2,1-3H3,(H,20,21). The number of hydrogen-bond acceptors (Lipinski definition) is 2. The van der Waals surface area contributed by atoms with Gasteiger partial charge in [0.2, 0.25) is 5.91 Å². The monoisotopic (exact) mass is 288 g/mol. The van der Waals surface area contributed by atoms with Crippen molar-refractivity contribution >= 4 is 5.91 Å². The van der Waals surface area contributed by atoms with Gasteiger partial charge in [-0.05, 0) is 30.4 Å². The Balaban J connectivity index is 2.10. The normalized spacial score (nSPS) is 21.4. The van der Waals surface area contributed by atoms with Crippen LogP contribution in [0.5, 0.6) is 0 Å². The van der Waals surface area contributed by atoms with Gasteiger partial charge in [-0.1, -0.05) is 63.9 Å². The molecule has 0 saturated carbocycles. The maximum absolute atomic E-state index is 12.6. The summed E-state index contributed by atoms with van der Waals surface area (Å²) in [6, 6.07) is 10.3. The highest BCUT2D eigenvalue weighted by molar-refractivity contribution is 5.82. The van der Waals surface area contributed by atoms with Crippen molar-refractivity contribution in [2.75, 3.05) is 6.54 Å². The highest BCUT2D eigenvalue weighted by atomic mass is 16.2. The summed E-state index contributed by atoms with van der Waals surface area (Å²) in [6.45, 7) is 7.46. The minimum absolute atomic E-state index is 0.0122. The van der Waals surface area contributed by atoms with Crippen LogP contribution in [0.25, 0.3) is 0 Å². The average molecular weight is 288 g/mol. The van der Waals surface area contributed by atoms with Gasteiger partial charge in [0.15, 0.2) is 0 Å². The summed E-state index contributed by atoms with van der Waals surface area (Å²) in [4.78, 5) is 12.6. The fourth-order valence-corrected chi connectivity index (χ4v) is 2.94. The lowest BCUT2D eigenvalue weighted by molar-refractivity contribution is -0.124. The van der Waals surface area contributed by atoms with Crippen molar-refractivity contribution in [3.8, 4) is 0 Å². The Hall–Kier alpha value is -1.35. The lowest BCUT2D eigenvalue weighted by Gasteiger charge is -2.33. The van der Waals surface area contributed by atoms with Crippen molar-refractivity contribution in [2.24, 2.45) is 5.41 Å². The van der Waals surface area contributed by atoms with Gasteiger partial charge in [0, 0.05) is 0 Å². The van der Waals surface area contributed by atoms with E-state index in [0.29, 0.717) is 0 Å². The predicted octanol–water partition coefficient (Wildman–Crippen LogP) is 3.42.